The highest BCUT2D eigenvalue weighted by atomic mass is 35.5. The quantitative estimate of drug-likeness (QED) is 0.729. The van der Waals surface area contributed by atoms with Gasteiger partial charge in [0.15, 0.2) is 0 Å². The Morgan fingerprint density at radius 2 is 2.19 bits per heavy atom. The average molecular weight is 233 g/mol. The van der Waals surface area contributed by atoms with Crippen LogP contribution in [0.15, 0.2) is 17.3 Å². The number of halogens is 1. The van der Waals surface area contributed by atoms with Crippen molar-refractivity contribution in [3.63, 3.8) is 0 Å². The third-order valence-electron chi connectivity index (χ3n) is 2.70. The molecule has 1 aromatic rings. The molecule has 1 aliphatic carbocycles. The fourth-order valence-corrected chi connectivity index (χ4v) is 2.12. The van der Waals surface area contributed by atoms with Gasteiger partial charge in [-0.1, -0.05) is 23.8 Å². The van der Waals surface area contributed by atoms with Crippen molar-refractivity contribution in [2.75, 3.05) is 0 Å². The van der Waals surface area contributed by atoms with Crippen molar-refractivity contribution in [3.8, 4) is 6.07 Å². The molecule has 0 aliphatic heterocycles. The Bertz CT molecular complexity index is 597. The highest BCUT2D eigenvalue weighted by Crippen LogP contribution is 2.08. The Kier molecular flexibility index (Phi) is 2.89. The van der Waals surface area contributed by atoms with Gasteiger partial charge in [-0.15, -0.1) is 0 Å². The highest BCUT2D eigenvalue weighted by Gasteiger charge is 2.08. The first-order valence-electron chi connectivity index (χ1n) is 5.32. The maximum Gasteiger partial charge on any atom is 0.101 e. The smallest absolute Gasteiger partial charge is 0.101 e. The lowest BCUT2D eigenvalue weighted by molar-refractivity contribution is 0.587. The average Bonchev–Trinajstić information content (AvgIpc) is 2.46. The standard InChI is InChI=1S/C13H13ClN2/c1-9(2)16-8-10(7-15)12-6-11(14)4-3-5-13(12)16/h4-6,8-9H,3H2,1-2H3. The molecule has 82 valence electrons. The number of hydrogen-bond acceptors (Lipinski definition) is 1. The summed E-state index contributed by atoms with van der Waals surface area (Å²) in [6, 6.07) is 2.57. The number of nitrogens with zero attached hydrogens (tertiary/aromatic N) is 2. The van der Waals surface area contributed by atoms with Crippen LogP contribution in [0.25, 0.3) is 12.2 Å². The zero-order chi connectivity index (χ0) is 11.7. The number of rotatable bonds is 1. The van der Waals surface area contributed by atoms with Crippen molar-refractivity contribution in [1.29, 1.82) is 5.26 Å². The topological polar surface area (TPSA) is 28.7 Å². The van der Waals surface area contributed by atoms with Crippen LogP contribution in [-0.2, 0) is 0 Å². The van der Waals surface area contributed by atoms with Crippen molar-refractivity contribution >= 4 is 23.8 Å². The molecular weight excluding hydrogens is 220 g/mol. The van der Waals surface area contributed by atoms with Gasteiger partial charge in [0.05, 0.1) is 5.56 Å². The zero-order valence-electron chi connectivity index (χ0n) is 9.37. The second-order valence-corrected chi connectivity index (χ2v) is 4.56. The van der Waals surface area contributed by atoms with Gasteiger partial charge in [0.25, 0.3) is 0 Å². The summed E-state index contributed by atoms with van der Waals surface area (Å²) in [6.45, 7) is 4.21. The molecular formula is C13H13ClN2. The van der Waals surface area contributed by atoms with E-state index in [-0.39, 0.29) is 0 Å². The molecule has 0 amide bonds. The molecule has 1 aromatic heterocycles. The summed E-state index contributed by atoms with van der Waals surface area (Å²) in [4.78, 5) is 0. The number of hydrogen-bond donors (Lipinski definition) is 0. The van der Waals surface area contributed by atoms with Crippen molar-refractivity contribution in [1.82, 2.24) is 4.57 Å². The molecule has 0 atom stereocenters. The summed E-state index contributed by atoms with van der Waals surface area (Å²) in [5.74, 6) is 0. The number of allylic oxidation sites excluding steroid dienone is 2. The van der Waals surface area contributed by atoms with Crippen LogP contribution in [0.2, 0.25) is 0 Å². The van der Waals surface area contributed by atoms with Crippen LogP contribution in [0.1, 0.15) is 31.9 Å². The van der Waals surface area contributed by atoms with Crippen LogP contribution in [0.4, 0.5) is 0 Å². The van der Waals surface area contributed by atoms with Gasteiger partial charge in [-0.2, -0.15) is 5.26 Å². The van der Waals surface area contributed by atoms with Gasteiger partial charge in [-0.3, -0.25) is 0 Å². The molecule has 2 nitrogen and oxygen atoms in total. The molecule has 16 heavy (non-hydrogen) atoms. The van der Waals surface area contributed by atoms with Gasteiger partial charge in [-0.05, 0) is 26.3 Å². The number of nitriles is 1. The first-order valence-corrected chi connectivity index (χ1v) is 5.70. The van der Waals surface area contributed by atoms with Crippen LogP contribution in [0, 0.1) is 11.3 Å². The molecule has 2 rings (SSSR count). The predicted octanol–water partition coefficient (Wildman–Crippen LogP) is 2.03. The summed E-state index contributed by atoms with van der Waals surface area (Å²) in [5, 5.41) is 11.8. The fraction of sp³-hybridized carbons (Fsp3) is 0.308. The van der Waals surface area contributed by atoms with Crippen LogP contribution in [-0.4, -0.2) is 4.57 Å². The molecule has 0 saturated heterocycles. The van der Waals surface area contributed by atoms with Gasteiger partial charge >= 0.3 is 0 Å². The molecule has 0 N–H and O–H groups in total. The van der Waals surface area contributed by atoms with E-state index in [0.717, 1.165) is 17.0 Å². The van der Waals surface area contributed by atoms with Gasteiger partial charge in [0.2, 0.25) is 0 Å². The Balaban J connectivity index is 2.83. The molecule has 0 saturated carbocycles. The first-order chi connectivity index (χ1) is 7.63. The van der Waals surface area contributed by atoms with Crippen LogP contribution in [0.3, 0.4) is 0 Å². The largest absolute Gasteiger partial charge is 0.344 e. The molecule has 0 fully saturated rings. The van der Waals surface area contributed by atoms with Crippen molar-refractivity contribution < 1.29 is 0 Å². The second-order valence-electron chi connectivity index (χ2n) is 4.13. The Labute approximate surface area is 99.8 Å². The minimum absolute atomic E-state index is 0.345. The van der Waals surface area contributed by atoms with E-state index in [1.54, 1.807) is 0 Å². The van der Waals surface area contributed by atoms with E-state index in [1.807, 2.05) is 18.3 Å². The van der Waals surface area contributed by atoms with Gasteiger partial charge in [0.1, 0.15) is 6.07 Å². The monoisotopic (exact) mass is 232 g/mol. The molecule has 1 heterocycles. The molecule has 0 unspecified atom stereocenters. The molecule has 0 bridgehead atoms. The van der Waals surface area contributed by atoms with E-state index in [0.29, 0.717) is 16.6 Å². The Hall–Kier alpha value is -1.46. The van der Waals surface area contributed by atoms with Crippen molar-refractivity contribution in [2.45, 2.75) is 26.3 Å². The zero-order valence-corrected chi connectivity index (χ0v) is 10.1. The first kappa shape index (κ1) is 11.0. The van der Waals surface area contributed by atoms with Crippen molar-refractivity contribution in [3.05, 3.63) is 33.4 Å². The summed E-state index contributed by atoms with van der Waals surface area (Å²) in [6.07, 6.45) is 8.65. The van der Waals surface area contributed by atoms with E-state index >= 15 is 0 Å². The van der Waals surface area contributed by atoms with Crippen LogP contribution < -0.4 is 10.6 Å². The SMILES string of the molecule is CC(C)n1cc(C#N)c2c1=CCC=C(Cl)C=2. The van der Waals surface area contributed by atoms with Crippen LogP contribution in [0.5, 0.6) is 0 Å². The summed E-state index contributed by atoms with van der Waals surface area (Å²) >= 11 is 6.03. The normalized spacial score (nSPS) is 14.3. The van der Waals surface area contributed by atoms with Crippen LogP contribution >= 0.6 is 11.6 Å². The number of fused-ring (bicyclic) bond motifs is 1. The minimum Gasteiger partial charge on any atom is -0.344 e. The van der Waals surface area contributed by atoms with E-state index in [1.165, 1.54) is 0 Å². The summed E-state index contributed by atoms with van der Waals surface area (Å²) in [5.41, 5.74) is 0.688. The van der Waals surface area contributed by atoms with Gasteiger partial charge in [-0.25, -0.2) is 0 Å². The second kappa shape index (κ2) is 4.19. The Morgan fingerprint density at radius 3 is 2.81 bits per heavy atom. The highest BCUT2D eigenvalue weighted by molar-refractivity contribution is 6.34. The summed E-state index contributed by atoms with van der Waals surface area (Å²) < 4.78 is 2.12. The lowest BCUT2D eigenvalue weighted by Gasteiger charge is -2.06. The molecule has 0 radical (unpaired) electrons. The summed E-state index contributed by atoms with van der Waals surface area (Å²) in [7, 11) is 0. The maximum atomic E-state index is 9.11. The predicted molar refractivity (Wildman–Crippen MR) is 66.3 cm³/mol. The molecule has 0 aromatic carbocycles. The lowest BCUT2D eigenvalue weighted by Crippen LogP contribution is -2.30. The molecule has 1 aliphatic rings. The van der Waals surface area contributed by atoms with E-state index in [2.05, 4.69) is 30.6 Å². The molecule has 3 heteroatoms. The minimum atomic E-state index is 0.345. The number of aromatic nitrogens is 1. The van der Waals surface area contributed by atoms with Gasteiger partial charge in [0, 0.05) is 27.8 Å². The van der Waals surface area contributed by atoms with Crippen molar-refractivity contribution in [2.24, 2.45) is 0 Å². The van der Waals surface area contributed by atoms with E-state index in [9.17, 15) is 0 Å². The third-order valence-corrected chi connectivity index (χ3v) is 2.96. The lowest BCUT2D eigenvalue weighted by atomic mass is 10.2. The maximum absolute atomic E-state index is 9.11. The Morgan fingerprint density at radius 1 is 1.44 bits per heavy atom. The molecule has 0 spiro atoms. The van der Waals surface area contributed by atoms with E-state index < -0.39 is 0 Å². The van der Waals surface area contributed by atoms with E-state index in [4.69, 9.17) is 16.9 Å². The van der Waals surface area contributed by atoms with Gasteiger partial charge < -0.3 is 4.57 Å². The third kappa shape index (κ3) is 1.79. The fourth-order valence-electron chi connectivity index (χ4n) is 1.92.